The van der Waals surface area contributed by atoms with E-state index in [0.717, 1.165) is 22.0 Å². The van der Waals surface area contributed by atoms with Gasteiger partial charge in [-0.1, -0.05) is 34.5 Å². The van der Waals surface area contributed by atoms with Crippen LogP contribution in [0.15, 0.2) is 22.7 Å². The lowest BCUT2D eigenvalue weighted by molar-refractivity contribution is 0.652. The summed E-state index contributed by atoms with van der Waals surface area (Å²) < 4.78 is 1.09. The second-order valence-corrected chi connectivity index (χ2v) is 5.26. The molecule has 0 radical (unpaired) electrons. The van der Waals surface area contributed by atoms with Gasteiger partial charge in [0.25, 0.3) is 0 Å². The summed E-state index contributed by atoms with van der Waals surface area (Å²) in [5.74, 6) is 0.834. The van der Waals surface area contributed by atoms with Crippen molar-refractivity contribution in [3.8, 4) is 0 Å². The quantitative estimate of drug-likeness (QED) is 0.888. The molecule has 76 valence electrons. The third-order valence-electron chi connectivity index (χ3n) is 2.67. The Balaban J connectivity index is 1.97. The van der Waals surface area contributed by atoms with Gasteiger partial charge in [0.2, 0.25) is 0 Å². The topological polar surface area (TPSA) is 12.0 Å². The zero-order valence-electron chi connectivity index (χ0n) is 8.06. The monoisotopic (exact) mass is 273 g/mol. The van der Waals surface area contributed by atoms with Crippen molar-refractivity contribution in [3.63, 3.8) is 0 Å². The van der Waals surface area contributed by atoms with Gasteiger partial charge in [-0.05, 0) is 36.1 Å². The average molecular weight is 275 g/mol. The summed E-state index contributed by atoms with van der Waals surface area (Å²) in [6.07, 6.45) is 1.30. The lowest BCUT2D eigenvalue weighted by Crippen LogP contribution is -2.17. The van der Waals surface area contributed by atoms with Crippen molar-refractivity contribution in [2.24, 2.45) is 5.92 Å². The SMILES string of the molecule is CC1CC1NCc1cc(Br)ccc1Cl. The van der Waals surface area contributed by atoms with E-state index in [2.05, 4.69) is 34.2 Å². The molecule has 3 heteroatoms. The highest BCUT2D eigenvalue weighted by molar-refractivity contribution is 9.10. The molecule has 2 unspecified atom stereocenters. The molecule has 1 saturated carbocycles. The van der Waals surface area contributed by atoms with Gasteiger partial charge >= 0.3 is 0 Å². The van der Waals surface area contributed by atoms with Crippen LogP contribution in [0.4, 0.5) is 0 Å². The first kappa shape index (κ1) is 10.5. The lowest BCUT2D eigenvalue weighted by atomic mass is 10.2. The number of rotatable bonds is 3. The van der Waals surface area contributed by atoms with E-state index in [1.807, 2.05) is 12.1 Å². The van der Waals surface area contributed by atoms with E-state index in [4.69, 9.17) is 11.6 Å². The first-order valence-electron chi connectivity index (χ1n) is 4.84. The van der Waals surface area contributed by atoms with E-state index in [1.54, 1.807) is 0 Å². The number of hydrogen-bond acceptors (Lipinski definition) is 1. The Kier molecular flexibility index (Phi) is 3.15. The zero-order chi connectivity index (χ0) is 10.1. The molecule has 0 bridgehead atoms. The van der Waals surface area contributed by atoms with Crippen molar-refractivity contribution in [3.05, 3.63) is 33.3 Å². The van der Waals surface area contributed by atoms with Crippen LogP contribution in [0.1, 0.15) is 18.9 Å². The molecule has 2 atom stereocenters. The third kappa shape index (κ3) is 2.50. The van der Waals surface area contributed by atoms with Gasteiger partial charge < -0.3 is 5.32 Å². The molecule has 1 fully saturated rings. The lowest BCUT2D eigenvalue weighted by Gasteiger charge is -2.06. The number of benzene rings is 1. The largest absolute Gasteiger partial charge is 0.310 e. The van der Waals surface area contributed by atoms with Crippen LogP contribution in [-0.4, -0.2) is 6.04 Å². The Labute approximate surface area is 98.0 Å². The molecule has 2 rings (SSSR count). The molecule has 1 aliphatic carbocycles. The summed E-state index contributed by atoms with van der Waals surface area (Å²) in [4.78, 5) is 0. The van der Waals surface area contributed by atoms with Gasteiger partial charge in [-0.25, -0.2) is 0 Å². The molecular formula is C11H13BrClN. The first-order valence-corrected chi connectivity index (χ1v) is 6.01. The predicted octanol–water partition coefficient (Wildman–Crippen LogP) is 3.60. The first-order chi connectivity index (χ1) is 6.66. The maximum absolute atomic E-state index is 6.08. The van der Waals surface area contributed by atoms with Crippen LogP contribution in [0.2, 0.25) is 5.02 Å². The zero-order valence-corrected chi connectivity index (χ0v) is 10.4. The van der Waals surface area contributed by atoms with E-state index in [1.165, 1.54) is 12.0 Å². The second-order valence-electron chi connectivity index (χ2n) is 3.94. The van der Waals surface area contributed by atoms with Crippen LogP contribution in [0.25, 0.3) is 0 Å². The number of hydrogen-bond donors (Lipinski definition) is 1. The highest BCUT2D eigenvalue weighted by atomic mass is 79.9. The van der Waals surface area contributed by atoms with Crippen LogP contribution in [-0.2, 0) is 6.54 Å². The molecule has 0 amide bonds. The van der Waals surface area contributed by atoms with Crippen molar-refractivity contribution in [1.82, 2.24) is 5.32 Å². The van der Waals surface area contributed by atoms with Gasteiger partial charge in [-0.15, -0.1) is 0 Å². The van der Waals surface area contributed by atoms with E-state index in [-0.39, 0.29) is 0 Å². The highest BCUT2D eigenvalue weighted by Crippen LogP contribution is 2.30. The van der Waals surface area contributed by atoms with E-state index in [9.17, 15) is 0 Å². The Bertz CT molecular complexity index is 340. The Morgan fingerprint density at radius 1 is 1.57 bits per heavy atom. The fourth-order valence-corrected chi connectivity index (χ4v) is 2.12. The molecule has 0 spiro atoms. The van der Waals surface area contributed by atoms with Crippen LogP contribution >= 0.6 is 27.5 Å². The van der Waals surface area contributed by atoms with Gasteiger partial charge in [0.1, 0.15) is 0 Å². The minimum absolute atomic E-state index is 0.699. The van der Waals surface area contributed by atoms with Gasteiger partial charge in [-0.2, -0.15) is 0 Å². The van der Waals surface area contributed by atoms with E-state index < -0.39 is 0 Å². The number of nitrogens with one attached hydrogen (secondary N) is 1. The summed E-state index contributed by atoms with van der Waals surface area (Å²) >= 11 is 9.52. The normalized spacial score (nSPS) is 25.1. The third-order valence-corrected chi connectivity index (χ3v) is 3.53. The van der Waals surface area contributed by atoms with Gasteiger partial charge in [0.15, 0.2) is 0 Å². The molecule has 1 aromatic rings. The summed E-state index contributed by atoms with van der Waals surface area (Å²) in [6, 6.07) is 6.66. The molecule has 0 heterocycles. The highest BCUT2D eigenvalue weighted by Gasteiger charge is 2.31. The van der Waals surface area contributed by atoms with Gasteiger partial charge in [-0.3, -0.25) is 0 Å². The minimum atomic E-state index is 0.699. The smallest absolute Gasteiger partial charge is 0.0451 e. The standard InChI is InChI=1S/C11H13BrClN/c1-7-4-11(7)14-6-8-5-9(12)2-3-10(8)13/h2-3,5,7,11,14H,4,6H2,1H3. The van der Waals surface area contributed by atoms with Gasteiger partial charge in [0, 0.05) is 22.1 Å². The van der Waals surface area contributed by atoms with E-state index >= 15 is 0 Å². The molecular weight excluding hydrogens is 261 g/mol. The molecule has 1 nitrogen and oxygen atoms in total. The Morgan fingerprint density at radius 3 is 2.93 bits per heavy atom. The van der Waals surface area contributed by atoms with Crippen LogP contribution < -0.4 is 5.32 Å². The molecule has 1 aromatic carbocycles. The van der Waals surface area contributed by atoms with E-state index in [0.29, 0.717) is 6.04 Å². The van der Waals surface area contributed by atoms with Crippen molar-refractivity contribution >= 4 is 27.5 Å². The van der Waals surface area contributed by atoms with Crippen molar-refractivity contribution < 1.29 is 0 Å². The molecule has 1 aliphatic rings. The van der Waals surface area contributed by atoms with Crippen molar-refractivity contribution in [2.45, 2.75) is 25.9 Å². The molecule has 0 aromatic heterocycles. The van der Waals surface area contributed by atoms with Crippen LogP contribution in [0.3, 0.4) is 0 Å². The Morgan fingerprint density at radius 2 is 2.29 bits per heavy atom. The predicted molar refractivity (Wildman–Crippen MR) is 63.6 cm³/mol. The maximum Gasteiger partial charge on any atom is 0.0451 e. The maximum atomic E-state index is 6.08. The van der Waals surface area contributed by atoms with Crippen LogP contribution in [0.5, 0.6) is 0 Å². The minimum Gasteiger partial charge on any atom is -0.310 e. The summed E-state index contributed by atoms with van der Waals surface area (Å²) in [5.41, 5.74) is 1.17. The molecule has 0 saturated heterocycles. The summed E-state index contributed by atoms with van der Waals surface area (Å²) in [5, 5.41) is 4.33. The molecule has 14 heavy (non-hydrogen) atoms. The van der Waals surface area contributed by atoms with Crippen LogP contribution in [0, 0.1) is 5.92 Å². The molecule has 0 aliphatic heterocycles. The Hall–Kier alpha value is -0.0500. The second kappa shape index (κ2) is 4.21. The molecule has 1 N–H and O–H groups in total. The summed E-state index contributed by atoms with van der Waals surface area (Å²) in [7, 11) is 0. The average Bonchev–Trinajstić information content (AvgIpc) is 2.84. The summed E-state index contributed by atoms with van der Waals surface area (Å²) in [6.45, 7) is 3.13. The fraction of sp³-hybridized carbons (Fsp3) is 0.455. The van der Waals surface area contributed by atoms with Crippen molar-refractivity contribution in [2.75, 3.05) is 0 Å². The number of halogens is 2. The fourth-order valence-electron chi connectivity index (χ4n) is 1.53. The van der Waals surface area contributed by atoms with Gasteiger partial charge in [0.05, 0.1) is 0 Å². The van der Waals surface area contributed by atoms with Crippen molar-refractivity contribution in [1.29, 1.82) is 0 Å².